The molecule has 4 rings (SSSR count). The van der Waals surface area contributed by atoms with E-state index in [0.717, 1.165) is 46.5 Å². The topological polar surface area (TPSA) is 68.1 Å². The maximum absolute atomic E-state index is 9.35. The number of benzene rings is 2. The molecule has 0 spiro atoms. The highest BCUT2D eigenvalue weighted by Gasteiger charge is 2.28. The Hall–Kier alpha value is -3.17. The van der Waals surface area contributed by atoms with E-state index >= 15 is 0 Å². The van der Waals surface area contributed by atoms with Gasteiger partial charge in [-0.15, -0.1) is 5.10 Å². The fourth-order valence-electron chi connectivity index (χ4n) is 4.10. The number of likely N-dealkylation sites (N-methyl/N-ethyl adjacent to an activating group) is 1. The van der Waals surface area contributed by atoms with Gasteiger partial charge in [0.25, 0.3) is 0 Å². The van der Waals surface area contributed by atoms with Crippen LogP contribution in [0, 0.1) is 25.2 Å². The van der Waals surface area contributed by atoms with Gasteiger partial charge in [0.05, 0.1) is 23.4 Å². The van der Waals surface area contributed by atoms with E-state index in [1.54, 1.807) is 0 Å². The smallest absolute Gasteiger partial charge is 0.157 e. The first kappa shape index (κ1) is 20.1. The average Bonchev–Trinajstić information content (AvgIpc) is 2.69. The number of anilines is 2. The second-order valence-corrected chi connectivity index (χ2v) is 8.38. The van der Waals surface area contributed by atoms with Gasteiger partial charge in [0.15, 0.2) is 5.82 Å². The van der Waals surface area contributed by atoms with Crippen LogP contribution in [-0.2, 0) is 0 Å². The van der Waals surface area contributed by atoms with Crippen LogP contribution in [-0.4, -0.2) is 48.3 Å². The number of aromatic nitrogens is 2. The van der Waals surface area contributed by atoms with Gasteiger partial charge in [-0.2, -0.15) is 10.4 Å². The molecule has 30 heavy (non-hydrogen) atoms. The summed E-state index contributed by atoms with van der Waals surface area (Å²) >= 11 is 0. The molecule has 0 amide bonds. The number of rotatable bonds is 5. The van der Waals surface area contributed by atoms with E-state index in [2.05, 4.69) is 76.7 Å². The van der Waals surface area contributed by atoms with Gasteiger partial charge in [-0.05, 0) is 64.2 Å². The number of hydrogen-bond acceptors (Lipinski definition) is 6. The van der Waals surface area contributed by atoms with Gasteiger partial charge in [-0.1, -0.05) is 18.2 Å². The molecular weight excluding hydrogens is 372 g/mol. The third kappa shape index (κ3) is 3.57. The van der Waals surface area contributed by atoms with Crippen molar-refractivity contribution in [3.8, 4) is 6.07 Å². The summed E-state index contributed by atoms with van der Waals surface area (Å²) in [7, 11) is 4.27. The first-order valence-electron chi connectivity index (χ1n) is 10.3. The van der Waals surface area contributed by atoms with E-state index in [0.29, 0.717) is 11.6 Å². The van der Waals surface area contributed by atoms with Crippen molar-refractivity contribution in [2.24, 2.45) is 0 Å². The van der Waals surface area contributed by atoms with Gasteiger partial charge in [-0.3, -0.25) is 0 Å². The number of nitriles is 1. The van der Waals surface area contributed by atoms with Gasteiger partial charge >= 0.3 is 0 Å². The fourth-order valence-corrected chi connectivity index (χ4v) is 4.10. The molecule has 1 aromatic heterocycles. The van der Waals surface area contributed by atoms with Crippen LogP contribution in [0.25, 0.3) is 10.8 Å². The summed E-state index contributed by atoms with van der Waals surface area (Å²) < 4.78 is 0. The SMILES string of the molecule is Cc1c(C#N)cccc1C(C)Nc1nnc(C)c2ccc(N3CC(N(C)C)C3)cc12. The van der Waals surface area contributed by atoms with E-state index in [9.17, 15) is 5.26 Å². The van der Waals surface area contributed by atoms with E-state index in [1.807, 2.05) is 26.0 Å². The molecule has 154 valence electrons. The van der Waals surface area contributed by atoms with Crippen molar-refractivity contribution < 1.29 is 0 Å². The zero-order valence-corrected chi connectivity index (χ0v) is 18.3. The van der Waals surface area contributed by atoms with Crippen molar-refractivity contribution in [2.45, 2.75) is 32.9 Å². The molecule has 0 radical (unpaired) electrons. The predicted octanol–water partition coefficient (Wildman–Crippen LogP) is 4.04. The molecule has 1 aliphatic heterocycles. The highest BCUT2D eigenvalue weighted by molar-refractivity contribution is 5.95. The largest absolute Gasteiger partial charge is 0.368 e. The summed E-state index contributed by atoms with van der Waals surface area (Å²) in [6.07, 6.45) is 0. The highest BCUT2D eigenvalue weighted by Crippen LogP contribution is 2.32. The maximum Gasteiger partial charge on any atom is 0.157 e. The fraction of sp³-hybridized carbons (Fsp3) is 0.375. The quantitative estimate of drug-likeness (QED) is 0.697. The first-order chi connectivity index (χ1) is 14.4. The summed E-state index contributed by atoms with van der Waals surface area (Å²) in [6.45, 7) is 8.16. The van der Waals surface area contributed by atoms with Crippen molar-refractivity contribution in [3.63, 3.8) is 0 Å². The lowest BCUT2D eigenvalue weighted by Gasteiger charge is -2.44. The maximum atomic E-state index is 9.35. The monoisotopic (exact) mass is 400 g/mol. The van der Waals surface area contributed by atoms with Gasteiger partial charge in [0.2, 0.25) is 0 Å². The number of hydrogen-bond donors (Lipinski definition) is 1. The van der Waals surface area contributed by atoms with Gasteiger partial charge in [0.1, 0.15) is 0 Å². The Morgan fingerprint density at radius 3 is 2.60 bits per heavy atom. The van der Waals surface area contributed by atoms with E-state index in [1.165, 1.54) is 5.69 Å². The zero-order valence-electron chi connectivity index (χ0n) is 18.3. The Bertz CT molecular complexity index is 1120. The third-order valence-electron chi connectivity index (χ3n) is 6.22. The van der Waals surface area contributed by atoms with Gasteiger partial charge < -0.3 is 15.1 Å². The van der Waals surface area contributed by atoms with Crippen LogP contribution in [0.3, 0.4) is 0 Å². The molecule has 3 aromatic rings. The summed E-state index contributed by atoms with van der Waals surface area (Å²) in [5.74, 6) is 0.774. The van der Waals surface area contributed by atoms with Crippen molar-refractivity contribution in [2.75, 3.05) is 37.4 Å². The Labute approximate surface area is 178 Å². The Morgan fingerprint density at radius 1 is 1.13 bits per heavy atom. The van der Waals surface area contributed by atoms with Crippen molar-refractivity contribution in [1.29, 1.82) is 5.26 Å². The molecule has 1 unspecified atom stereocenters. The van der Waals surface area contributed by atoms with Gasteiger partial charge in [0, 0.05) is 35.6 Å². The van der Waals surface area contributed by atoms with Crippen molar-refractivity contribution in [1.82, 2.24) is 15.1 Å². The lowest BCUT2D eigenvalue weighted by Crippen LogP contribution is -2.57. The lowest BCUT2D eigenvalue weighted by atomic mass is 9.98. The molecule has 6 nitrogen and oxygen atoms in total. The molecule has 1 N–H and O–H groups in total. The van der Waals surface area contributed by atoms with E-state index in [-0.39, 0.29) is 6.04 Å². The highest BCUT2D eigenvalue weighted by atomic mass is 15.3. The minimum Gasteiger partial charge on any atom is -0.368 e. The second kappa shape index (κ2) is 7.92. The molecule has 2 heterocycles. The molecule has 6 heteroatoms. The number of nitrogens with one attached hydrogen (secondary N) is 1. The molecule has 2 aromatic carbocycles. The standard InChI is InChI=1S/C24H28N6/c1-15-18(12-25)7-6-8-21(15)16(2)26-24-23-11-19(30-13-20(14-30)29(4)5)9-10-22(23)17(3)27-28-24/h6-11,16,20H,13-14H2,1-5H3,(H,26,28). The molecule has 0 aliphatic carbocycles. The molecule has 0 bridgehead atoms. The molecule has 0 saturated carbocycles. The number of nitrogens with zero attached hydrogens (tertiary/aromatic N) is 5. The van der Waals surface area contributed by atoms with Crippen LogP contribution in [0.2, 0.25) is 0 Å². The number of fused-ring (bicyclic) bond motifs is 1. The summed E-state index contributed by atoms with van der Waals surface area (Å²) in [4.78, 5) is 4.67. The van der Waals surface area contributed by atoms with Crippen LogP contribution >= 0.6 is 0 Å². The lowest BCUT2D eigenvalue weighted by molar-refractivity contribution is 0.247. The van der Waals surface area contributed by atoms with Crippen LogP contribution in [0.15, 0.2) is 36.4 Å². The minimum atomic E-state index is 0.00397. The zero-order chi connectivity index (χ0) is 21.4. The van der Waals surface area contributed by atoms with Crippen LogP contribution in [0.5, 0.6) is 0 Å². The van der Waals surface area contributed by atoms with E-state index in [4.69, 9.17) is 0 Å². The van der Waals surface area contributed by atoms with Crippen LogP contribution < -0.4 is 10.2 Å². The Morgan fingerprint density at radius 2 is 1.90 bits per heavy atom. The van der Waals surface area contributed by atoms with Crippen molar-refractivity contribution >= 4 is 22.3 Å². The second-order valence-electron chi connectivity index (χ2n) is 8.38. The van der Waals surface area contributed by atoms with Crippen LogP contribution in [0.4, 0.5) is 11.5 Å². The summed E-state index contributed by atoms with van der Waals surface area (Å²) in [5, 5.41) is 23.9. The molecule has 1 fully saturated rings. The molecule has 1 atom stereocenters. The summed E-state index contributed by atoms with van der Waals surface area (Å²) in [5.41, 5.74) is 4.94. The number of aryl methyl sites for hydroxylation is 1. The minimum absolute atomic E-state index is 0.00397. The normalized spacial score (nSPS) is 15.2. The predicted molar refractivity (Wildman–Crippen MR) is 122 cm³/mol. The first-order valence-corrected chi connectivity index (χ1v) is 10.3. The Balaban J connectivity index is 1.66. The Kier molecular flexibility index (Phi) is 5.31. The molecule has 1 saturated heterocycles. The average molecular weight is 401 g/mol. The summed E-state index contributed by atoms with van der Waals surface area (Å²) in [6, 6.07) is 15.3. The molecule has 1 aliphatic rings. The molecular formula is C24H28N6. The third-order valence-corrected chi connectivity index (χ3v) is 6.22. The van der Waals surface area contributed by atoms with Crippen molar-refractivity contribution in [3.05, 3.63) is 58.8 Å². The van der Waals surface area contributed by atoms with Crippen LogP contribution in [0.1, 0.15) is 35.3 Å². The van der Waals surface area contributed by atoms with E-state index < -0.39 is 0 Å². The van der Waals surface area contributed by atoms with Gasteiger partial charge in [-0.25, -0.2) is 0 Å².